The lowest BCUT2D eigenvalue weighted by atomic mass is 9.68. The van der Waals surface area contributed by atoms with Crippen molar-refractivity contribution in [3.8, 4) is 0 Å². The van der Waals surface area contributed by atoms with Crippen LogP contribution < -0.4 is 17.2 Å². The number of hydrogen-bond donors (Lipinski definition) is 4. The number of nitrogens with zero attached hydrogens (tertiary/aromatic N) is 2. The first-order chi connectivity index (χ1) is 15.6. The van der Waals surface area contributed by atoms with Crippen molar-refractivity contribution in [3.05, 3.63) is 81.4 Å². The van der Waals surface area contributed by atoms with Crippen molar-refractivity contribution in [3.63, 3.8) is 0 Å². The average molecular weight is 447 g/mol. The third-order valence-electron chi connectivity index (χ3n) is 6.45. The molecule has 7 N–H and O–H groups in total. The second kappa shape index (κ2) is 8.44. The molecule has 2 aromatic carbocycles. The van der Waals surface area contributed by atoms with E-state index in [0.29, 0.717) is 36.2 Å². The van der Waals surface area contributed by atoms with Crippen molar-refractivity contribution in [2.75, 3.05) is 0 Å². The van der Waals surface area contributed by atoms with Crippen molar-refractivity contribution in [2.24, 2.45) is 17.2 Å². The molecule has 1 aliphatic carbocycles. The van der Waals surface area contributed by atoms with Gasteiger partial charge < -0.3 is 22.2 Å². The van der Waals surface area contributed by atoms with Crippen molar-refractivity contribution in [2.45, 2.75) is 57.4 Å². The molecule has 0 saturated heterocycles. The van der Waals surface area contributed by atoms with E-state index in [2.05, 4.69) is 29.0 Å². The summed E-state index contributed by atoms with van der Waals surface area (Å²) in [7, 11) is 0. The molecule has 2 amide bonds. The number of aromatic nitrogens is 3. The first-order valence-electron chi connectivity index (χ1n) is 11.2. The van der Waals surface area contributed by atoms with Gasteiger partial charge in [-0.25, -0.2) is 0 Å². The van der Waals surface area contributed by atoms with Crippen LogP contribution >= 0.6 is 0 Å². The molecule has 1 aliphatic rings. The number of aryl methyl sites for hydroxylation is 2. The maximum atomic E-state index is 11.9. The first kappa shape index (κ1) is 22.7. The summed E-state index contributed by atoms with van der Waals surface area (Å²) in [6.07, 6.45) is 1.88. The van der Waals surface area contributed by atoms with Gasteiger partial charge in [-0.2, -0.15) is 0 Å². The number of amides is 2. The van der Waals surface area contributed by atoms with Gasteiger partial charge in [-0.1, -0.05) is 26.0 Å². The van der Waals surface area contributed by atoms with Gasteiger partial charge in [0.25, 0.3) is 0 Å². The molecule has 0 spiro atoms. The average Bonchev–Trinajstić information content (AvgIpc) is 3.22. The Kier molecular flexibility index (Phi) is 5.80. The molecule has 1 aromatic heterocycles. The van der Waals surface area contributed by atoms with Gasteiger partial charge in [-0.3, -0.25) is 9.59 Å². The molecule has 0 fully saturated rings. The van der Waals surface area contributed by atoms with E-state index in [-0.39, 0.29) is 12.0 Å². The predicted octanol–water partition coefficient (Wildman–Crippen LogP) is 2.30. The first-order valence-corrected chi connectivity index (χ1v) is 11.2. The van der Waals surface area contributed by atoms with Crippen LogP contribution in [0.5, 0.6) is 0 Å². The Morgan fingerprint density at radius 3 is 1.85 bits per heavy atom. The van der Waals surface area contributed by atoms with Crippen molar-refractivity contribution in [1.82, 2.24) is 15.2 Å². The van der Waals surface area contributed by atoms with E-state index in [9.17, 15) is 9.59 Å². The smallest absolute Gasteiger partial charge is 0.248 e. The summed E-state index contributed by atoms with van der Waals surface area (Å²) in [5.74, 6) is 0.679. The summed E-state index contributed by atoms with van der Waals surface area (Å²) in [6.45, 7) is 6.06. The zero-order valence-electron chi connectivity index (χ0n) is 19.2. The van der Waals surface area contributed by atoms with Gasteiger partial charge in [-0.05, 0) is 72.7 Å². The maximum absolute atomic E-state index is 11.9. The van der Waals surface area contributed by atoms with E-state index < -0.39 is 17.2 Å². The molecule has 172 valence electrons. The van der Waals surface area contributed by atoms with Gasteiger partial charge >= 0.3 is 0 Å². The molecular weight excluding hydrogens is 416 g/mol. The number of carbonyl (C=O) groups excluding carboxylic acids is 2. The lowest BCUT2D eigenvalue weighted by Gasteiger charge is -2.36. The fourth-order valence-electron chi connectivity index (χ4n) is 4.94. The highest BCUT2D eigenvalue weighted by Crippen LogP contribution is 2.47. The summed E-state index contributed by atoms with van der Waals surface area (Å²) >= 11 is 0. The van der Waals surface area contributed by atoms with Gasteiger partial charge in [0.05, 0.1) is 5.41 Å². The van der Waals surface area contributed by atoms with Crippen LogP contribution in [0.15, 0.2) is 36.4 Å². The Bertz CT molecular complexity index is 1160. The van der Waals surface area contributed by atoms with Gasteiger partial charge in [-0.15, -0.1) is 10.2 Å². The van der Waals surface area contributed by atoms with E-state index in [0.717, 1.165) is 28.1 Å². The minimum atomic E-state index is -0.748. The van der Waals surface area contributed by atoms with Crippen LogP contribution in [0, 0.1) is 0 Å². The van der Waals surface area contributed by atoms with Crippen LogP contribution in [0.2, 0.25) is 0 Å². The van der Waals surface area contributed by atoms with Crippen LogP contribution in [0.3, 0.4) is 0 Å². The molecule has 8 nitrogen and oxygen atoms in total. The Balaban J connectivity index is 2.08. The third kappa shape index (κ3) is 3.91. The third-order valence-corrected chi connectivity index (χ3v) is 6.45. The van der Waals surface area contributed by atoms with Crippen LogP contribution in [0.4, 0.5) is 0 Å². The van der Waals surface area contributed by atoms with Crippen LogP contribution in [0.1, 0.15) is 87.7 Å². The molecular formula is C25H30N6O2. The summed E-state index contributed by atoms with van der Waals surface area (Å²) in [6, 6.07) is 10.9. The molecule has 33 heavy (non-hydrogen) atoms. The molecule has 4 rings (SSSR count). The summed E-state index contributed by atoms with van der Waals surface area (Å²) < 4.78 is 0. The van der Waals surface area contributed by atoms with Crippen LogP contribution in [0.25, 0.3) is 0 Å². The molecule has 8 heteroatoms. The Hall–Kier alpha value is -3.52. The number of hydrogen-bond acceptors (Lipinski definition) is 5. The number of carbonyl (C=O) groups is 2. The van der Waals surface area contributed by atoms with Gasteiger partial charge in [0, 0.05) is 23.1 Å². The second-order valence-electron chi connectivity index (χ2n) is 9.27. The molecule has 0 radical (unpaired) electrons. The van der Waals surface area contributed by atoms with Crippen molar-refractivity contribution >= 4 is 11.8 Å². The minimum Gasteiger partial charge on any atom is -0.366 e. The highest BCUT2D eigenvalue weighted by atomic mass is 16.1. The molecule has 1 heterocycles. The van der Waals surface area contributed by atoms with E-state index >= 15 is 0 Å². The number of benzene rings is 2. The second-order valence-corrected chi connectivity index (χ2v) is 9.27. The van der Waals surface area contributed by atoms with E-state index in [1.165, 1.54) is 0 Å². The molecule has 0 bridgehead atoms. The quantitative estimate of drug-likeness (QED) is 0.457. The standard InChI is InChI=1S/C25H30N6O2/c1-13(2)23-29-24(31-30-23)25(12-14(3)26)19-8-6-17(21(27)32)10-15(19)4-5-16-11-18(22(28)33)7-9-20(16)25/h6-11,13-14H,4-5,12,26H2,1-3H3,(H2,27,32)(H2,28,33)(H,29,30,31)/t14-/m0/s1. The number of aromatic amines is 1. The number of nitrogens with two attached hydrogens (primary N) is 3. The molecule has 0 unspecified atom stereocenters. The zero-order valence-corrected chi connectivity index (χ0v) is 19.2. The summed E-state index contributed by atoms with van der Waals surface area (Å²) in [5, 5.41) is 9.01. The van der Waals surface area contributed by atoms with Crippen LogP contribution in [-0.2, 0) is 18.3 Å². The Labute approximate surface area is 193 Å². The lowest BCUT2D eigenvalue weighted by Crippen LogP contribution is -2.38. The Morgan fingerprint density at radius 1 is 0.939 bits per heavy atom. The monoisotopic (exact) mass is 446 g/mol. The number of fused-ring (bicyclic) bond motifs is 2. The normalized spacial score (nSPS) is 15.4. The topological polar surface area (TPSA) is 154 Å². The number of rotatable bonds is 6. The lowest BCUT2D eigenvalue weighted by molar-refractivity contribution is 0.0991. The summed E-state index contributed by atoms with van der Waals surface area (Å²) in [5.41, 5.74) is 21.7. The fourth-order valence-corrected chi connectivity index (χ4v) is 4.94. The molecule has 3 aromatic rings. The summed E-state index contributed by atoms with van der Waals surface area (Å²) in [4.78, 5) is 27.3. The van der Waals surface area contributed by atoms with E-state index in [4.69, 9.17) is 17.2 Å². The number of nitrogens with one attached hydrogen (secondary N) is 1. The largest absolute Gasteiger partial charge is 0.366 e. The SMILES string of the molecule is CC(C)c1nnc(C2(C[C@H](C)N)c3ccc(C(N)=O)cc3CCc3cc(C(N)=O)ccc32)[nH]1. The highest BCUT2D eigenvalue weighted by molar-refractivity contribution is 5.94. The highest BCUT2D eigenvalue weighted by Gasteiger charge is 2.44. The maximum Gasteiger partial charge on any atom is 0.248 e. The van der Waals surface area contributed by atoms with Crippen LogP contribution in [-0.4, -0.2) is 33.0 Å². The van der Waals surface area contributed by atoms with Gasteiger partial charge in [0.1, 0.15) is 11.6 Å². The number of primary amides is 2. The van der Waals surface area contributed by atoms with Crippen molar-refractivity contribution in [1.29, 1.82) is 0 Å². The molecule has 1 atom stereocenters. The fraction of sp³-hybridized carbons (Fsp3) is 0.360. The van der Waals surface area contributed by atoms with E-state index in [1.807, 2.05) is 31.2 Å². The Morgan fingerprint density at radius 2 is 1.45 bits per heavy atom. The zero-order chi connectivity index (χ0) is 23.9. The molecule has 0 aliphatic heterocycles. The number of H-pyrrole nitrogens is 1. The minimum absolute atomic E-state index is 0.165. The van der Waals surface area contributed by atoms with Gasteiger partial charge in [0.2, 0.25) is 11.8 Å². The van der Waals surface area contributed by atoms with Gasteiger partial charge in [0.15, 0.2) is 0 Å². The van der Waals surface area contributed by atoms with Crippen molar-refractivity contribution < 1.29 is 9.59 Å². The molecule has 0 saturated carbocycles. The van der Waals surface area contributed by atoms with E-state index in [1.54, 1.807) is 12.1 Å². The predicted molar refractivity (Wildman–Crippen MR) is 126 cm³/mol.